The minimum atomic E-state index is 0.439. The van der Waals surface area contributed by atoms with Crippen molar-refractivity contribution in [2.75, 3.05) is 31.2 Å². The number of thiazole rings is 1. The van der Waals surface area contributed by atoms with Crippen LogP contribution in [0.4, 0.5) is 5.13 Å². The van der Waals surface area contributed by atoms with E-state index < -0.39 is 0 Å². The summed E-state index contributed by atoms with van der Waals surface area (Å²) in [6.07, 6.45) is 2.12. The molecule has 0 N–H and O–H groups in total. The number of anilines is 1. The summed E-state index contributed by atoms with van der Waals surface area (Å²) in [5.41, 5.74) is 5.27. The third-order valence-electron chi connectivity index (χ3n) is 5.55. The molecule has 0 atom stereocenters. The van der Waals surface area contributed by atoms with Crippen LogP contribution in [0.15, 0.2) is 6.07 Å². The number of ether oxygens (including phenoxy) is 1. The van der Waals surface area contributed by atoms with Gasteiger partial charge in [0.2, 0.25) is 0 Å². The van der Waals surface area contributed by atoms with Gasteiger partial charge >= 0.3 is 0 Å². The van der Waals surface area contributed by atoms with E-state index >= 15 is 0 Å². The molecular weight excluding hydrogens is 384 g/mol. The number of aromatic nitrogens is 4. The quantitative estimate of drug-likeness (QED) is 0.630. The Bertz CT molecular complexity index is 1070. The highest BCUT2D eigenvalue weighted by Gasteiger charge is 2.25. The molecule has 1 saturated heterocycles. The molecule has 152 valence electrons. The van der Waals surface area contributed by atoms with Crippen LogP contribution in [-0.2, 0) is 4.74 Å². The molecule has 29 heavy (non-hydrogen) atoms. The molecule has 3 aromatic heterocycles. The summed E-state index contributed by atoms with van der Waals surface area (Å²) in [6.45, 7) is 11.4. The first kappa shape index (κ1) is 19.8. The van der Waals surface area contributed by atoms with Gasteiger partial charge in [-0.15, -0.1) is 0 Å². The minimum absolute atomic E-state index is 0.439. The van der Waals surface area contributed by atoms with Crippen molar-refractivity contribution in [1.82, 2.24) is 19.6 Å². The third-order valence-corrected chi connectivity index (χ3v) is 6.68. The van der Waals surface area contributed by atoms with E-state index in [1.165, 1.54) is 5.56 Å². The van der Waals surface area contributed by atoms with Gasteiger partial charge in [-0.25, -0.2) is 14.5 Å². The zero-order valence-electron chi connectivity index (χ0n) is 17.4. The molecule has 0 amide bonds. The number of hydrogen-bond donors (Lipinski definition) is 0. The van der Waals surface area contributed by atoms with Crippen molar-refractivity contribution in [2.45, 2.75) is 46.5 Å². The number of morpholine rings is 1. The Hall–Kier alpha value is -2.50. The molecule has 1 fully saturated rings. The second-order valence-electron chi connectivity index (χ2n) is 7.42. The Labute approximate surface area is 175 Å². The molecule has 0 unspecified atom stereocenters. The van der Waals surface area contributed by atoms with Gasteiger partial charge in [0.25, 0.3) is 0 Å². The number of nitrogens with zero attached hydrogens (tertiary/aromatic N) is 6. The predicted molar refractivity (Wildman–Crippen MR) is 115 cm³/mol. The number of aryl methyl sites for hydroxylation is 2. The van der Waals surface area contributed by atoms with E-state index in [2.05, 4.69) is 35.9 Å². The van der Waals surface area contributed by atoms with E-state index in [0.29, 0.717) is 24.8 Å². The standard InChI is InChI=1S/C21H26N6OS/c1-5-15(6-2)16-11-13(3)25-27-18(14(4)23-20(16)27)19-17(12-22)24-21(29-19)26-7-9-28-10-8-26/h11,15H,5-10H2,1-4H3. The fourth-order valence-corrected chi connectivity index (χ4v) is 5.15. The van der Waals surface area contributed by atoms with Gasteiger partial charge in [-0.2, -0.15) is 10.4 Å². The summed E-state index contributed by atoms with van der Waals surface area (Å²) >= 11 is 1.54. The highest BCUT2D eigenvalue weighted by molar-refractivity contribution is 7.19. The monoisotopic (exact) mass is 410 g/mol. The van der Waals surface area contributed by atoms with Gasteiger partial charge in [-0.1, -0.05) is 25.2 Å². The van der Waals surface area contributed by atoms with Crippen LogP contribution < -0.4 is 4.90 Å². The van der Waals surface area contributed by atoms with Crippen LogP contribution in [0.25, 0.3) is 16.2 Å². The topological polar surface area (TPSA) is 79.3 Å². The third kappa shape index (κ3) is 3.49. The lowest BCUT2D eigenvalue weighted by Crippen LogP contribution is -2.36. The van der Waals surface area contributed by atoms with E-state index in [0.717, 1.165) is 58.7 Å². The van der Waals surface area contributed by atoms with Gasteiger partial charge in [-0.05, 0) is 38.7 Å². The van der Waals surface area contributed by atoms with Gasteiger partial charge in [0.1, 0.15) is 11.8 Å². The van der Waals surface area contributed by atoms with Crippen molar-refractivity contribution in [3.8, 4) is 16.6 Å². The summed E-state index contributed by atoms with van der Waals surface area (Å²) in [7, 11) is 0. The van der Waals surface area contributed by atoms with Crippen molar-refractivity contribution in [3.05, 3.63) is 28.7 Å². The molecule has 8 heteroatoms. The summed E-state index contributed by atoms with van der Waals surface area (Å²) in [5, 5.41) is 15.4. The fourth-order valence-electron chi connectivity index (χ4n) is 4.00. The SMILES string of the molecule is CCC(CC)c1cc(C)nn2c(-c3sc(N4CCOCC4)nc3C#N)c(C)nc12. The molecule has 0 bridgehead atoms. The molecule has 1 aliphatic rings. The van der Waals surface area contributed by atoms with Crippen molar-refractivity contribution in [1.29, 1.82) is 5.26 Å². The molecular formula is C21H26N6OS. The molecule has 4 rings (SSSR count). The summed E-state index contributed by atoms with van der Waals surface area (Å²) in [4.78, 5) is 12.5. The van der Waals surface area contributed by atoms with Gasteiger partial charge < -0.3 is 9.64 Å². The fraction of sp³-hybridized carbons (Fsp3) is 0.524. The largest absolute Gasteiger partial charge is 0.378 e. The van der Waals surface area contributed by atoms with Gasteiger partial charge in [0.15, 0.2) is 16.5 Å². The molecule has 1 aliphatic heterocycles. The van der Waals surface area contributed by atoms with Crippen molar-refractivity contribution < 1.29 is 4.74 Å². The highest BCUT2D eigenvalue weighted by atomic mass is 32.1. The van der Waals surface area contributed by atoms with Crippen LogP contribution in [0.3, 0.4) is 0 Å². The minimum Gasteiger partial charge on any atom is -0.378 e. The molecule has 0 radical (unpaired) electrons. The van der Waals surface area contributed by atoms with E-state index in [4.69, 9.17) is 14.8 Å². The lowest BCUT2D eigenvalue weighted by Gasteiger charge is -2.25. The average molecular weight is 411 g/mol. The number of fused-ring (bicyclic) bond motifs is 1. The molecule has 7 nitrogen and oxygen atoms in total. The van der Waals surface area contributed by atoms with Gasteiger partial charge in [0.05, 0.1) is 29.5 Å². The normalized spacial score (nSPS) is 14.7. The Morgan fingerprint density at radius 1 is 1.21 bits per heavy atom. The number of hydrogen-bond acceptors (Lipinski definition) is 7. The van der Waals surface area contributed by atoms with Crippen molar-refractivity contribution in [2.24, 2.45) is 0 Å². The Morgan fingerprint density at radius 2 is 1.93 bits per heavy atom. The highest BCUT2D eigenvalue weighted by Crippen LogP contribution is 2.38. The first-order chi connectivity index (χ1) is 14.1. The lowest BCUT2D eigenvalue weighted by atomic mass is 9.95. The summed E-state index contributed by atoms with van der Waals surface area (Å²) < 4.78 is 7.38. The molecule has 0 saturated carbocycles. The first-order valence-corrected chi connectivity index (χ1v) is 11.0. The van der Waals surface area contributed by atoms with E-state index in [9.17, 15) is 5.26 Å². The van der Waals surface area contributed by atoms with Crippen LogP contribution >= 0.6 is 11.3 Å². The van der Waals surface area contributed by atoms with E-state index in [1.54, 1.807) is 11.3 Å². The number of rotatable bonds is 5. The molecule has 0 aromatic carbocycles. The molecule has 3 aromatic rings. The predicted octanol–water partition coefficient (Wildman–Crippen LogP) is 4.08. The Balaban J connectivity index is 1.89. The first-order valence-electron chi connectivity index (χ1n) is 10.2. The summed E-state index contributed by atoms with van der Waals surface area (Å²) in [6, 6.07) is 4.44. The second kappa shape index (κ2) is 8.09. The maximum atomic E-state index is 9.77. The van der Waals surface area contributed by atoms with Gasteiger partial charge in [-0.3, -0.25) is 0 Å². The molecule has 4 heterocycles. The smallest absolute Gasteiger partial charge is 0.187 e. The maximum absolute atomic E-state index is 9.77. The van der Waals surface area contributed by atoms with Gasteiger partial charge in [0, 0.05) is 18.7 Å². The molecule has 0 aliphatic carbocycles. The zero-order chi connectivity index (χ0) is 20.5. The lowest BCUT2D eigenvalue weighted by molar-refractivity contribution is 0.122. The van der Waals surface area contributed by atoms with Crippen LogP contribution in [0.1, 0.15) is 55.3 Å². The Kier molecular flexibility index (Phi) is 5.52. The molecule has 0 spiro atoms. The zero-order valence-corrected chi connectivity index (χ0v) is 18.2. The second-order valence-corrected chi connectivity index (χ2v) is 8.40. The number of imidazole rings is 1. The maximum Gasteiger partial charge on any atom is 0.187 e. The van der Waals surface area contributed by atoms with Crippen LogP contribution in [0.5, 0.6) is 0 Å². The average Bonchev–Trinajstić information content (AvgIpc) is 3.29. The van der Waals surface area contributed by atoms with Crippen molar-refractivity contribution >= 4 is 22.1 Å². The van der Waals surface area contributed by atoms with E-state index in [-0.39, 0.29) is 0 Å². The number of nitriles is 1. The Morgan fingerprint density at radius 3 is 2.59 bits per heavy atom. The van der Waals surface area contributed by atoms with Crippen LogP contribution in [0, 0.1) is 25.2 Å². The summed E-state index contributed by atoms with van der Waals surface area (Å²) in [5.74, 6) is 0.439. The van der Waals surface area contributed by atoms with Crippen LogP contribution in [-0.4, -0.2) is 45.9 Å². The van der Waals surface area contributed by atoms with Crippen LogP contribution in [0.2, 0.25) is 0 Å². The van der Waals surface area contributed by atoms with Crippen molar-refractivity contribution in [3.63, 3.8) is 0 Å². The van der Waals surface area contributed by atoms with E-state index in [1.807, 2.05) is 18.4 Å².